The van der Waals surface area contributed by atoms with Crippen LogP contribution in [-0.2, 0) is 11.3 Å². The number of hydrogen-bond donors (Lipinski definition) is 1. The van der Waals surface area contributed by atoms with Crippen LogP contribution in [0.2, 0.25) is 0 Å². The van der Waals surface area contributed by atoms with Gasteiger partial charge in [0.2, 0.25) is 11.9 Å². The number of hydrogen-bond acceptors (Lipinski definition) is 4. The van der Waals surface area contributed by atoms with Gasteiger partial charge in [0.1, 0.15) is 0 Å². The third-order valence-electron chi connectivity index (χ3n) is 4.66. The average Bonchev–Trinajstić information content (AvgIpc) is 3.15. The van der Waals surface area contributed by atoms with Crippen LogP contribution in [0.1, 0.15) is 34.1 Å². The van der Waals surface area contributed by atoms with E-state index in [0.717, 1.165) is 15.9 Å². The molecular weight excluding hydrogens is 344 g/mol. The summed E-state index contributed by atoms with van der Waals surface area (Å²) in [4.78, 5) is 42.7. The topological polar surface area (TPSA) is 84.3 Å². The van der Waals surface area contributed by atoms with Crippen molar-refractivity contribution in [2.45, 2.75) is 19.9 Å². The number of imidazole rings is 1. The van der Waals surface area contributed by atoms with Crippen molar-refractivity contribution in [3.63, 3.8) is 0 Å². The minimum absolute atomic E-state index is 0.0123. The fraction of sp³-hybridized carbons (Fsp3) is 0.200. The molecule has 4 rings (SSSR count). The molecule has 1 aliphatic rings. The molecule has 2 aromatic carbocycles. The third kappa shape index (κ3) is 2.87. The van der Waals surface area contributed by atoms with Gasteiger partial charge in [-0.25, -0.2) is 4.98 Å². The lowest BCUT2D eigenvalue weighted by atomic mass is 10.1. The smallest absolute Gasteiger partial charge is 0.261 e. The van der Waals surface area contributed by atoms with Gasteiger partial charge in [-0.05, 0) is 31.2 Å². The Bertz CT molecular complexity index is 1040. The highest BCUT2D eigenvalue weighted by atomic mass is 16.2. The van der Waals surface area contributed by atoms with Crippen LogP contribution in [0.25, 0.3) is 11.0 Å². The number of aryl methyl sites for hydroxylation is 1. The van der Waals surface area contributed by atoms with Crippen molar-refractivity contribution in [1.82, 2.24) is 14.5 Å². The van der Waals surface area contributed by atoms with E-state index < -0.39 is 0 Å². The monoisotopic (exact) mass is 362 g/mol. The summed E-state index contributed by atoms with van der Waals surface area (Å²) in [5.74, 6) is -0.545. The highest BCUT2D eigenvalue weighted by Crippen LogP contribution is 2.23. The first-order valence-corrected chi connectivity index (χ1v) is 8.80. The number of carbonyl (C=O) groups is 3. The van der Waals surface area contributed by atoms with Crippen LogP contribution in [0.4, 0.5) is 5.95 Å². The van der Waals surface area contributed by atoms with E-state index in [1.807, 2.05) is 35.8 Å². The van der Waals surface area contributed by atoms with E-state index in [2.05, 4.69) is 10.3 Å². The van der Waals surface area contributed by atoms with Gasteiger partial charge in [-0.3, -0.25) is 24.6 Å². The number of para-hydroxylation sites is 2. The number of nitrogens with one attached hydrogen (secondary N) is 1. The van der Waals surface area contributed by atoms with E-state index >= 15 is 0 Å². The van der Waals surface area contributed by atoms with Crippen molar-refractivity contribution < 1.29 is 14.4 Å². The molecule has 7 nitrogen and oxygen atoms in total. The molecule has 136 valence electrons. The molecule has 1 aromatic heterocycles. The number of imide groups is 1. The van der Waals surface area contributed by atoms with E-state index in [-0.39, 0.29) is 30.7 Å². The Labute approximate surface area is 155 Å². The Morgan fingerprint density at radius 1 is 1.00 bits per heavy atom. The summed E-state index contributed by atoms with van der Waals surface area (Å²) >= 11 is 0. The summed E-state index contributed by atoms with van der Waals surface area (Å²) in [5, 5.41) is 2.79. The van der Waals surface area contributed by atoms with Crippen molar-refractivity contribution in [3.05, 3.63) is 59.7 Å². The second kappa shape index (κ2) is 6.68. The molecule has 0 saturated carbocycles. The molecule has 0 bridgehead atoms. The first-order valence-electron chi connectivity index (χ1n) is 8.80. The minimum atomic E-state index is -0.357. The number of amides is 3. The Hall–Kier alpha value is -3.48. The molecule has 0 saturated heterocycles. The van der Waals surface area contributed by atoms with Crippen LogP contribution in [0, 0.1) is 0 Å². The van der Waals surface area contributed by atoms with Gasteiger partial charge < -0.3 is 4.57 Å². The molecule has 1 N–H and O–H groups in total. The average molecular weight is 362 g/mol. The summed E-state index contributed by atoms with van der Waals surface area (Å²) < 4.78 is 1.91. The maximum atomic E-state index is 12.4. The summed E-state index contributed by atoms with van der Waals surface area (Å²) in [6.07, 6.45) is 0.0123. The summed E-state index contributed by atoms with van der Waals surface area (Å²) in [6, 6.07) is 14.3. The highest BCUT2D eigenvalue weighted by molar-refractivity contribution is 6.21. The molecule has 0 unspecified atom stereocenters. The molecule has 0 spiro atoms. The van der Waals surface area contributed by atoms with Crippen LogP contribution in [0.15, 0.2) is 48.5 Å². The standard InChI is InChI=1S/C20H18N4O3/c1-2-23-16-10-6-5-9-15(16)21-20(23)22-17(25)11-12-24-18(26)13-7-3-4-8-14(13)19(24)27/h3-10H,2,11-12H2,1H3,(H,21,22,25). The van der Waals surface area contributed by atoms with Crippen molar-refractivity contribution in [1.29, 1.82) is 0 Å². The van der Waals surface area contributed by atoms with Gasteiger partial charge in [0, 0.05) is 19.5 Å². The molecule has 3 aromatic rings. The molecule has 0 fully saturated rings. The van der Waals surface area contributed by atoms with E-state index in [4.69, 9.17) is 0 Å². The molecule has 0 aliphatic carbocycles. The van der Waals surface area contributed by atoms with E-state index in [9.17, 15) is 14.4 Å². The van der Waals surface area contributed by atoms with Gasteiger partial charge in [-0.2, -0.15) is 0 Å². The van der Waals surface area contributed by atoms with Crippen molar-refractivity contribution >= 4 is 34.7 Å². The maximum absolute atomic E-state index is 12.4. The van der Waals surface area contributed by atoms with Crippen LogP contribution in [0.3, 0.4) is 0 Å². The maximum Gasteiger partial charge on any atom is 0.261 e. The number of nitrogens with zero attached hydrogens (tertiary/aromatic N) is 3. The molecule has 0 radical (unpaired) electrons. The highest BCUT2D eigenvalue weighted by Gasteiger charge is 2.35. The second-order valence-electron chi connectivity index (χ2n) is 6.27. The van der Waals surface area contributed by atoms with Crippen LogP contribution < -0.4 is 5.32 Å². The molecule has 7 heteroatoms. The third-order valence-corrected chi connectivity index (χ3v) is 4.66. The minimum Gasteiger partial charge on any atom is -0.310 e. The van der Waals surface area contributed by atoms with E-state index in [0.29, 0.717) is 23.6 Å². The van der Waals surface area contributed by atoms with Crippen molar-refractivity contribution in [3.8, 4) is 0 Å². The normalized spacial score (nSPS) is 13.3. The zero-order valence-electron chi connectivity index (χ0n) is 14.8. The van der Waals surface area contributed by atoms with Crippen LogP contribution in [0.5, 0.6) is 0 Å². The molecule has 3 amide bonds. The quantitative estimate of drug-likeness (QED) is 0.707. The largest absolute Gasteiger partial charge is 0.310 e. The van der Waals surface area contributed by atoms with E-state index in [1.54, 1.807) is 24.3 Å². The Balaban J connectivity index is 1.46. The SMILES string of the molecule is CCn1c(NC(=O)CCN2C(=O)c3ccccc3C2=O)nc2ccccc21. The Kier molecular flexibility index (Phi) is 4.19. The lowest BCUT2D eigenvalue weighted by Crippen LogP contribution is -2.33. The number of anilines is 1. The van der Waals surface area contributed by atoms with E-state index in [1.165, 1.54) is 0 Å². The Morgan fingerprint density at radius 3 is 2.30 bits per heavy atom. The molecule has 27 heavy (non-hydrogen) atoms. The van der Waals surface area contributed by atoms with Gasteiger partial charge in [0.05, 0.1) is 22.2 Å². The lowest BCUT2D eigenvalue weighted by Gasteiger charge is -2.13. The summed E-state index contributed by atoms with van der Waals surface area (Å²) in [5.41, 5.74) is 2.51. The predicted octanol–water partition coefficient (Wildman–Crippen LogP) is 2.68. The van der Waals surface area contributed by atoms with Gasteiger partial charge in [-0.15, -0.1) is 0 Å². The predicted molar refractivity (Wildman–Crippen MR) is 100 cm³/mol. The number of fused-ring (bicyclic) bond motifs is 2. The van der Waals surface area contributed by atoms with Crippen LogP contribution >= 0.6 is 0 Å². The number of rotatable bonds is 5. The van der Waals surface area contributed by atoms with Gasteiger partial charge in [-0.1, -0.05) is 24.3 Å². The molecular formula is C20H18N4O3. The fourth-order valence-electron chi connectivity index (χ4n) is 3.33. The second-order valence-corrected chi connectivity index (χ2v) is 6.27. The summed E-state index contributed by atoms with van der Waals surface area (Å²) in [6.45, 7) is 2.67. The zero-order chi connectivity index (χ0) is 19.0. The van der Waals surface area contributed by atoms with Gasteiger partial charge in [0.15, 0.2) is 0 Å². The van der Waals surface area contributed by atoms with Gasteiger partial charge >= 0.3 is 0 Å². The number of aromatic nitrogens is 2. The molecule has 2 heterocycles. The first-order chi connectivity index (χ1) is 13.1. The van der Waals surface area contributed by atoms with Gasteiger partial charge in [0.25, 0.3) is 11.8 Å². The lowest BCUT2D eigenvalue weighted by molar-refractivity contribution is -0.116. The van der Waals surface area contributed by atoms with Crippen molar-refractivity contribution in [2.24, 2.45) is 0 Å². The molecule has 1 aliphatic heterocycles. The summed E-state index contributed by atoms with van der Waals surface area (Å²) in [7, 11) is 0. The first kappa shape index (κ1) is 17.0. The Morgan fingerprint density at radius 2 is 1.63 bits per heavy atom. The number of carbonyl (C=O) groups excluding carboxylic acids is 3. The van der Waals surface area contributed by atoms with Crippen LogP contribution in [-0.4, -0.2) is 38.7 Å². The molecule has 0 atom stereocenters. The zero-order valence-corrected chi connectivity index (χ0v) is 14.8. The number of benzene rings is 2. The van der Waals surface area contributed by atoms with Crippen molar-refractivity contribution in [2.75, 3.05) is 11.9 Å². The fourth-order valence-corrected chi connectivity index (χ4v) is 3.33.